The fourth-order valence-electron chi connectivity index (χ4n) is 1.87. The van der Waals surface area contributed by atoms with Crippen LogP contribution in [-0.2, 0) is 9.16 Å². The maximum atomic E-state index is 6.06. The summed E-state index contributed by atoms with van der Waals surface area (Å²) in [4.78, 5) is 0. The number of rotatable bonds is 7. The maximum absolute atomic E-state index is 6.06. The topological polar surface area (TPSA) is 18.5 Å². The van der Waals surface area contributed by atoms with Crippen LogP contribution in [0.4, 0.5) is 0 Å². The SMILES string of the molecule is CCCCOCC1=C[C@H](O[Si](C)(C)C)CC1. The zero-order chi connectivity index (χ0) is 12.0. The van der Waals surface area contributed by atoms with Crippen molar-refractivity contribution in [3.05, 3.63) is 11.6 Å². The summed E-state index contributed by atoms with van der Waals surface area (Å²) in [7, 11) is -1.38. The zero-order valence-electron chi connectivity index (χ0n) is 11.2. The van der Waals surface area contributed by atoms with Gasteiger partial charge in [0.15, 0.2) is 8.32 Å². The second-order valence-corrected chi connectivity index (χ2v) is 10.00. The van der Waals surface area contributed by atoms with Gasteiger partial charge in [0, 0.05) is 6.61 Å². The molecule has 1 atom stereocenters. The van der Waals surface area contributed by atoms with Gasteiger partial charge in [0.2, 0.25) is 0 Å². The van der Waals surface area contributed by atoms with Crippen LogP contribution in [0.2, 0.25) is 19.6 Å². The van der Waals surface area contributed by atoms with E-state index in [0.717, 1.165) is 26.1 Å². The third-order valence-corrected chi connectivity index (χ3v) is 3.62. The smallest absolute Gasteiger partial charge is 0.184 e. The molecule has 0 bridgehead atoms. The first kappa shape index (κ1) is 13.9. The van der Waals surface area contributed by atoms with Crippen LogP contribution in [0.1, 0.15) is 32.6 Å². The molecule has 0 saturated heterocycles. The van der Waals surface area contributed by atoms with Gasteiger partial charge in [-0.1, -0.05) is 19.4 Å². The average molecular weight is 242 g/mol. The summed E-state index contributed by atoms with van der Waals surface area (Å²) in [5.74, 6) is 0. The van der Waals surface area contributed by atoms with Crippen molar-refractivity contribution in [3.63, 3.8) is 0 Å². The molecule has 0 unspecified atom stereocenters. The second kappa shape index (κ2) is 6.57. The molecule has 1 rings (SSSR count). The van der Waals surface area contributed by atoms with E-state index in [-0.39, 0.29) is 0 Å². The van der Waals surface area contributed by atoms with Crippen LogP contribution in [0.5, 0.6) is 0 Å². The molecule has 0 N–H and O–H groups in total. The molecule has 0 aromatic carbocycles. The van der Waals surface area contributed by atoms with Gasteiger partial charge < -0.3 is 9.16 Å². The summed E-state index contributed by atoms with van der Waals surface area (Å²) in [6, 6.07) is 0. The highest BCUT2D eigenvalue weighted by Crippen LogP contribution is 2.24. The molecular formula is C13H26O2Si. The minimum Gasteiger partial charge on any atom is -0.411 e. The van der Waals surface area contributed by atoms with E-state index < -0.39 is 8.32 Å². The van der Waals surface area contributed by atoms with E-state index in [1.54, 1.807) is 0 Å². The van der Waals surface area contributed by atoms with Gasteiger partial charge in [-0.25, -0.2) is 0 Å². The molecule has 1 aliphatic rings. The molecule has 0 spiro atoms. The van der Waals surface area contributed by atoms with E-state index in [4.69, 9.17) is 9.16 Å². The van der Waals surface area contributed by atoms with Crippen molar-refractivity contribution in [3.8, 4) is 0 Å². The molecule has 0 saturated carbocycles. The molecule has 94 valence electrons. The highest BCUT2D eigenvalue weighted by atomic mass is 28.4. The third-order valence-electron chi connectivity index (χ3n) is 2.61. The molecule has 2 nitrogen and oxygen atoms in total. The Hall–Kier alpha value is -0.123. The van der Waals surface area contributed by atoms with Crippen LogP contribution in [0.15, 0.2) is 11.6 Å². The summed E-state index contributed by atoms with van der Waals surface area (Å²) in [6.45, 7) is 10.6. The summed E-state index contributed by atoms with van der Waals surface area (Å²) >= 11 is 0. The average Bonchev–Trinajstić information content (AvgIpc) is 2.58. The fraction of sp³-hybridized carbons (Fsp3) is 0.846. The first-order valence-corrected chi connectivity index (χ1v) is 9.87. The zero-order valence-corrected chi connectivity index (χ0v) is 12.2. The summed E-state index contributed by atoms with van der Waals surface area (Å²) in [5.41, 5.74) is 1.43. The number of hydrogen-bond acceptors (Lipinski definition) is 2. The normalized spacial score (nSPS) is 21.2. The molecule has 0 heterocycles. The maximum Gasteiger partial charge on any atom is 0.184 e. The summed E-state index contributed by atoms with van der Waals surface area (Å²) in [6.07, 6.45) is 7.32. The standard InChI is InChI=1S/C13H26O2Si/c1-5-6-9-14-11-12-7-8-13(10-12)15-16(2,3)4/h10,13H,5-9,11H2,1-4H3/t13-/m1/s1. The predicted octanol–water partition coefficient (Wildman–Crippen LogP) is 3.74. The number of ether oxygens (including phenoxy) is 1. The Bertz CT molecular complexity index is 231. The lowest BCUT2D eigenvalue weighted by Gasteiger charge is -2.21. The van der Waals surface area contributed by atoms with Gasteiger partial charge in [-0.2, -0.15) is 0 Å². The van der Waals surface area contributed by atoms with Crippen LogP contribution in [-0.4, -0.2) is 27.6 Å². The number of hydrogen-bond donors (Lipinski definition) is 0. The lowest BCUT2D eigenvalue weighted by atomic mass is 10.2. The Morgan fingerprint density at radius 1 is 1.38 bits per heavy atom. The Kier molecular flexibility index (Phi) is 5.73. The monoisotopic (exact) mass is 242 g/mol. The molecule has 3 heteroatoms. The first-order valence-electron chi connectivity index (χ1n) is 6.46. The van der Waals surface area contributed by atoms with Crippen molar-refractivity contribution < 1.29 is 9.16 Å². The number of unbranched alkanes of at least 4 members (excludes halogenated alkanes) is 1. The van der Waals surface area contributed by atoms with Crippen molar-refractivity contribution in [1.29, 1.82) is 0 Å². The fourth-order valence-corrected chi connectivity index (χ4v) is 2.97. The molecule has 0 aliphatic heterocycles. The van der Waals surface area contributed by atoms with Crippen molar-refractivity contribution >= 4 is 8.32 Å². The van der Waals surface area contributed by atoms with Crippen molar-refractivity contribution in [2.45, 2.75) is 58.4 Å². The van der Waals surface area contributed by atoms with Crippen LogP contribution in [0.3, 0.4) is 0 Å². The Labute approximate surface area is 101 Å². The highest BCUT2D eigenvalue weighted by molar-refractivity contribution is 6.69. The first-order chi connectivity index (χ1) is 7.51. The highest BCUT2D eigenvalue weighted by Gasteiger charge is 2.23. The molecule has 0 fully saturated rings. The molecule has 0 aromatic heterocycles. The molecule has 1 aliphatic carbocycles. The largest absolute Gasteiger partial charge is 0.411 e. The lowest BCUT2D eigenvalue weighted by molar-refractivity contribution is 0.151. The van der Waals surface area contributed by atoms with E-state index >= 15 is 0 Å². The summed E-state index contributed by atoms with van der Waals surface area (Å²) < 4.78 is 11.7. The summed E-state index contributed by atoms with van der Waals surface area (Å²) in [5, 5.41) is 0. The van der Waals surface area contributed by atoms with Crippen molar-refractivity contribution in [2.24, 2.45) is 0 Å². The van der Waals surface area contributed by atoms with Crippen LogP contribution in [0.25, 0.3) is 0 Å². The molecule has 0 radical (unpaired) electrons. The van der Waals surface area contributed by atoms with Gasteiger partial charge in [0.1, 0.15) is 0 Å². The molecule has 16 heavy (non-hydrogen) atoms. The molecule has 0 amide bonds. The van der Waals surface area contributed by atoms with E-state index in [2.05, 4.69) is 32.6 Å². The van der Waals surface area contributed by atoms with Gasteiger partial charge in [-0.05, 0) is 44.5 Å². The predicted molar refractivity (Wildman–Crippen MR) is 71.3 cm³/mol. The van der Waals surface area contributed by atoms with Gasteiger partial charge in [0.05, 0.1) is 12.7 Å². The third kappa shape index (κ3) is 5.82. The minimum absolute atomic E-state index is 0.358. The van der Waals surface area contributed by atoms with Gasteiger partial charge >= 0.3 is 0 Å². The second-order valence-electron chi connectivity index (χ2n) is 5.54. The van der Waals surface area contributed by atoms with Crippen molar-refractivity contribution in [2.75, 3.05) is 13.2 Å². The Morgan fingerprint density at radius 3 is 2.75 bits per heavy atom. The van der Waals surface area contributed by atoms with Crippen LogP contribution < -0.4 is 0 Å². The van der Waals surface area contributed by atoms with Crippen LogP contribution >= 0.6 is 0 Å². The Balaban J connectivity index is 2.22. The lowest BCUT2D eigenvalue weighted by Crippen LogP contribution is -2.30. The minimum atomic E-state index is -1.38. The van der Waals surface area contributed by atoms with Gasteiger partial charge in [-0.15, -0.1) is 0 Å². The van der Waals surface area contributed by atoms with E-state index in [1.165, 1.54) is 18.4 Å². The Morgan fingerprint density at radius 2 is 2.12 bits per heavy atom. The van der Waals surface area contributed by atoms with E-state index in [9.17, 15) is 0 Å². The van der Waals surface area contributed by atoms with Crippen LogP contribution in [0, 0.1) is 0 Å². The quantitative estimate of drug-likeness (QED) is 0.384. The van der Waals surface area contributed by atoms with E-state index in [0.29, 0.717) is 6.10 Å². The molecular weight excluding hydrogens is 216 g/mol. The van der Waals surface area contributed by atoms with Crippen molar-refractivity contribution in [1.82, 2.24) is 0 Å². The van der Waals surface area contributed by atoms with E-state index in [1.807, 2.05) is 0 Å². The van der Waals surface area contributed by atoms with Gasteiger partial charge in [0.25, 0.3) is 0 Å². The van der Waals surface area contributed by atoms with Gasteiger partial charge in [-0.3, -0.25) is 0 Å². The molecule has 0 aromatic rings.